The number of rotatable bonds is 5. The molecule has 5 nitrogen and oxygen atoms in total. The topological polar surface area (TPSA) is 66.3 Å². The van der Waals surface area contributed by atoms with Crippen molar-refractivity contribution in [3.05, 3.63) is 30.0 Å². The third-order valence-corrected chi connectivity index (χ3v) is 3.18. The van der Waals surface area contributed by atoms with Gasteiger partial charge in [0.05, 0.1) is 23.1 Å². The number of hydrogen-bond donors (Lipinski definition) is 1. The number of fused-ring (bicyclic) bond motifs is 1. The van der Waals surface area contributed by atoms with Gasteiger partial charge < -0.3 is 10.0 Å². The van der Waals surface area contributed by atoms with E-state index >= 15 is 0 Å². The van der Waals surface area contributed by atoms with E-state index in [1.165, 1.54) is 0 Å². The van der Waals surface area contributed by atoms with E-state index in [1.807, 2.05) is 49.9 Å². The number of para-hydroxylation sites is 2. The zero-order valence-electron chi connectivity index (χ0n) is 12.0. The van der Waals surface area contributed by atoms with E-state index in [1.54, 1.807) is 0 Å². The van der Waals surface area contributed by atoms with Crippen LogP contribution in [0.25, 0.3) is 11.0 Å². The molecule has 0 radical (unpaired) electrons. The normalized spacial score (nSPS) is 11.0. The van der Waals surface area contributed by atoms with E-state index in [2.05, 4.69) is 9.97 Å². The van der Waals surface area contributed by atoms with Gasteiger partial charge in [-0.1, -0.05) is 12.1 Å². The van der Waals surface area contributed by atoms with Crippen molar-refractivity contribution < 1.29 is 9.90 Å². The number of benzene rings is 1. The molecule has 0 aliphatic rings. The Morgan fingerprint density at radius 3 is 2.40 bits per heavy atom. The fraction of sp³-hybridized carbons (Fsp3) is 0.400. The molecule has 0 saturated heterocycles. The lowest BCUT2D eigenvalue weighted by molar-refractivity contribution is -0.136. The molecule has 106 valence electrons. The molecule has 0 unspecified atom stereocenters. The zero-order valence-corrected chi connectivity index (χ0v) is 12.0. The molecule has 1 aromatic heterocycles. The summed E-state index contributed by atoms with van der Waals surface area (Å²) in [7, 11) is 0. The lowest BCUT2D eigenvalue weighted by Crippen LogP contribution is -2.34. The highest BCUT2D eigenvalue weighted by molar-refractivity contribution is 5.76. The Kier molecular flexibility index (Phi) is 4.17. The molecule has 0 fully saturated rings. The summed E-state index contributed by atoms with van der Waals surface area (Å²) in [4.78, 5) is 22.0. The van der Waals surface area contributed by atoms with Crippen LogP contribution < -0.4 is 4.90 Å². The summed E-state index contributed by atoms with van der Waals surface area (Å²) in [5, 5.41) is 8.87. The Hall–Kier alpha value is -2.17. The Morgan fingerprint density at radius 2 is 1.85 bits per heavy atom. The minimum absolute atomic E-state index is 0.0894. The van der Waals surface area contributed by atoms with Gasteiger partial charge in [-0.15, -0.1) is 0 Å². The molecule has 0 aliphatic heterocycles. The summed E-state index contributed by atoms with van der Waals surface area (Å²) in [5.41, 5.74) is 2.51. The number of aryl methyl sites for hydroxylation is 1. The Balaban J connectivity index is 2.41. The lowest BCUT2D eigenvalue weighted by atomic mass is 10.2. The first kappa shape index (κ1) is 14.2. The van der Waals surface area contributed by atoms with E-state index < -0.39 is 5.97 Å². The van der Waals surface area contributed by atoms with Gasteiger partial charge in [0.2, 0.25) is 0 Å². The average molecular weight is 273 g/mol. The van der Waals surface area contributed by atoms with Crippen molar-refractivity contribution in [2.75, 3.05) is 11.4 Å². The molecule has 0 atom stereocenters. The smallest absolute Gasteiger partial charge is 0.305 e. The van der Waals surface area contributed by atoms with Gasteiger partial charge in [-0.25, -0.2) is 9.97 Å². The lowest BCUT2D eigenvalue weighted by Gasteiger charge is -2.28. The van der Waals surface area contributed by atoms with Crippen molar-refractivity contribution in [2.24, 2.45) is 0 Å². The SMILES string of the molecule is Cc1nc2ccccc2nc1N(CCC(=O)O)C(C)C. The van der Waals surface area contributed by atoms with Gasteiger partial charge in [-0.2, -0.15) is 0 Å². The molecule has 2 rings (SSSR count). The number of aromatic nitrogens is 2. The zero-order chi connectivity index (χ0) is 14.7. The first-order chi connectivity index (χ1) is 9.49. The van der Waals surface area contributed by atoms with E-state index in [0.29, 0.717) is 6.54 Å². The molecule has 1 aromatic carbocycles. The van der Waals surface area contributed by atoms with E-state index in [-0.39, 0.29) is 12.5 Å². The van der Waals surface area contributed by atoms with Crippen molar-refractivity contribution in [2.45, 2.75) is 33.2 Å². The number of aliphatic carboxylic acids is 1. The first-order valence-electron chi connectivity index (χ1n) is 6.71. The second-order valence-electron chi connectivity index (χ2n) is 5.05. The maximum absolute atomic E-state index is 10.8. The van der Waals surface area contributed by atoms with Gasteiger partial charge in [-0.3, -0.25) is 4.79 Å². The molecule has 20 heavy (non-hydrogen) atoms. The summed E-state index contributed by atoms with van der Waals surface area (Å²) in [6.45, 7) is 6.39. The van der Waals surface area contributed by atoms with Crippen molar-refractivity contribution in [1.29, 1.82) is 0 Å². The number of hydrogen-bond acceptors (Lipinski definition) is 4. The second-order valence-corrected chi connectivity index (χ2v) is 5.05. The van der Waals surface area contributed by atoms with Crippen LogP contribution in [0.2, 0.25) is 0 Å². The van der Waals surface area contributed by atoms with Crippen LogP contribution >= 0.6 is 0 Å². The fourth-order valence-corrected chi connectivity index (χ4v) is 2.18. The Labute approximate surface area is 118 Å². The Bertz CT molecular complexity index is 626. The van der Waals surface area contributed by atoms with Crippen LogP contribution in [0.1, 0.15) is 26.0 Å². The monoisotopic (exact) mass is 273 g/mol. The second kappa shape index (κ2) is 5.86. The van der Waals surface area contributed by atoms with Crippen LogP contribution in [0.5, 0.6) is 0 Å². The van der Waals surface area contributed by atoms with Crippen LogP contribution in [-0.2, 0) is 4.79 Å². The van der Waals surface area contributed by atoms with Crippen LogP contribution in [0.15, 0.2) is 24.3 Å². The van der Waals surface area contributed by atoms with Gasteiger partial charge in [0.25, 0.3) is 0 Å². The van der Waals surface area contributed by atoms with Crippen LogP contribution in [-0.4, -0.2) is 33.6 Å². The summed E-state index contributed by atoms with van der Waals surface area (Å²) < 4.78 is 0. The molecular weight excluding hydrogens is 254 g/mol. The number of carboxylic acid groups (broad SMARTS) is 1. The first-order valence-corrected chi connectivity index (χ1v) is 6.71. The number of anilines is 1. The standard InChI is InChI=1S/C15H19N3O2/c1-10(2)18(9-8-14(19)20)15-11(3)16-12-6-4-5-7-13(12)17-15/h4-7,10H,8-9H2,1-3H3,(H,19,20). The van der Waals surface area contributed by atoms with E-state index in [0.717, 1.165) is 22.5 Å². The summed E-state index contributed by atoms with van der Waals surface area (Å²) >= 11 is 0. The molecule has 1 N–H and O–H groups in total. The highest BCUT2D eigenvalue weighted by atomic mass is 16.4. The predicted octanol–water partition coefficient (Wildman–Crippen LogP) is 2.63. The van der Waals surface area contributed by atoms with Crippen LogP contribution in [0, 0.1) is 6.92 Å². The quantitative estimate of drug-likeness (QED) is 0.907. The van der Waals surface area contributed by atoms with Crippen molar-refractivity contribution >= 4 is 22.8 Å². The van der Waals surface area contributed by atoms with Gasteiger partial charge in [0.15, 0.2) is 5.82 Å². The molecule has 0 bridgehead atoms. The van der Waals surface area contributed by atoms with Crippen LogP contribution in [0.3, 0.4) is 0 Å². The molecule has 0 saturated carbocycles. The largest absolute Gasteiger partial charge is 0.481 e. The maximum Gasteiger partial charge on any atom is 0.305 e. The molecular formula is C15H19N3O2. The van der Waals surface area contributed by atoms with Crippen molar-refractivity contribution in [3.8, 4) is 0 Å². The van der Waals surface area contributed by atoms with E-state index in [9.17, 15) is 4.79 Å². The summed E-state index contributed by atoms with van der Waals surface area (Å²) in [5.74, 6) is -0.0398. The Morgan fingerprint density at radius 1 is 1.25 bits per heavy atom. The third kappa shape index (κ3) is 3.04. The molecule has 2 aromatic rings. The maximum atomic E-state index is 10.8. The highest BCUT2D eigenvalue weighted by Gasteiger charge is 2.17. The van der Waals surface area contributed by atoms with Gasteiger partial charge in [-0.05, 0) is 32.9 Å². The molecule has 1 heterocycles. The molecule has 0 spiro atoms. The van der Waals surface area contributed by atoms with E-state index in [4.69, 9.17) is 5.11 Å². The average Bonchev–Trinajstić information content (AvgIpc) is 2.38. The number of carbonyl (C=O) groups is 1. The van der Waals surface area contributed by atoms with Crippen molar-refractivity contribution in [1.82, 2.24) is 9.97 Å². The predicted molar refractivity (Wildman–Crippen MR) is 79.0 cm³/mol. The van der Waals surface area contributed by atoms with Crippen molar-refractivity contribution in [3.63, 3.8) is 0 Å². The molecule has 0 aliphatic carbocycles. The number of carboxylic acids is 1. The highest BCUT2D eigenvalue weighted by Crippen LogP contribution is 2.21. The molecule has 5 heteroatoms. The number of nitrogens with zero attached hydrogens (tertiary/aromatic N) is 3. The summed E-state index contributed by atoms with van der Waals surface area (Å²) in [6, 6.07) is 7.87. The van der Waals surface area contributed by atoms with Gasteiger partial charge >= 0.3 is 5.97 Å². The fourth-order valence-electron chi connectivity index (χ4n) is 2.18. The summed E-state index contributed by atoms with van der Waals surface area (Å²) in [6.07, 6.45) is 0.0894. The van der Waals surface area contributed by atoms with Gasteiger partial charge in [0, 0.05) is 12.6 Å². The molecule has 0 amide bonds. The van der Waals surface area contributed by atoms with Gasteiger partial charge in [0.1, 0.15) is 0 Å². The third-order valence-electron chi connectivity index (χ3n) is 3.18. The minimum atomic E-state index is -0.804. The van der Waals surface area contributed by atoms with Crippen LogP contribution in [0.4, 0.5) is 5.82 Å². The minimum Gasteiger partial charge on any atom is -0.481 e.